The van der Waals surface area contributed by atoms with Gasteiger partial charge in [-0.3, -0.25) is 4.79 Å². The van der Waals surface area contributed by atoms with Gasteiger partial charge in [0.1, 0.15) is 64.6 Å². The Kier molecular flexibility index (Phi) is 14.1. The molecule has 0 atom stereocenters. The van der Waals surface area contributed by atoms with E-state index in [9.17, 15) is 57.5 Å². The van der Waals surface area contributed by atoms with E-state index in [-0.39, 0.29) is 12.3 Å². The molecule has 7 rings (SSSR count). The molecule has 0 radical (unpaired) electrons. The van der Waals surface area contributed by atoms with Crippen molar-refractivity contribution in [2.75, 3.05) is 0 Å². The number of hydrogen-bond acceptors (Lipinski definition) is 4. The van der Waals surface area contributed by atoms with E-state index in [1.54, 1.807) is 59.6 Å². The number of carbonyl (C=O) groups excluding carboxylic acids is 1. The molecule has 0 aliphatic carbocycles. The number of rotatable bonds is 9. The smallest absolute Gasteiger partial charge is 0.392 e. The van der Waals surface area contributed by atoms with E-state index < -0.39 is 144 Å². The molecule has 26 heteroatoms. The van der Waals surface area contributed by atoms with E-state index in [2.05, 4.69) is 11.1 Å². The first kappa shape index (κ1) is 50.4. The summed E-state index contributed by atoms with van der Waals surface area (Å²) in [5.41, 5.74) is -13.1. The van der Waals surface area contributed by atoms with Crippen LogP contribution < -0.4 is 31.2 Å². The maximum atomic E-state index is 15.4. The number of benzene rings is 6. The number of halogens is 20. The molecule has 1 aromatic heterocycles. The molecule has 356 valence electrons. The topological polar surface area (TPSA) is 66.9 Å². The molecule has 0 bridgehead atoms. The van der Waals surface area contributed by atoms with E-state index in [4.69, 9.17) is 10.00 Å². The second-order valence-electron chi connectivity index (χ2n) is 13.9. The molecular formula is C43H14BF20N3O2. The van der Waals surface area contributed by atoms with Gasteiger partial charge in [0, 0.05) is 5.56 Å². The van der Waals surface area contributed by atoms with Crippen LogP contribution in [0.2, 0.25) is 0 Å². The fourth-order valence-electron chi connectivity index (χ4n) is 7.05. The molecular weight excluding hydrogens is 981 g/mol. The van der Waals surface area contributed by atoms with Crippen LogP contribution in [0.25, 0.3) is 0 Å². The van der Waals surface area contributed by atoms with Crippen LogP contribution in [0.3, 0.4) is 0 Å². The third kappa shape index (κ3) is 8.41. The summed E-state index contributed by atoms with van der Waals surface area (Å²) in [6, 6.07) is 17.9. The zero-order chi connectivity index (χ0) is 51.1. The van der Waals surface area contributed by atoms with Crippen LogP contribution in [0.4, 0.5) is 87.8 Å². The van der Waals surface area contributed by atoms with Gasteiger partial charge in [0.15, 0.2) is 76.0 Å². The lowest BCUT2D eigenvalue weighted by Gasteiger charge is -2.44. The Hall–Kier alpha value is -7.98. The van der Waals surface area contributed by atoms with Gasteiger partial charge in [-0.05, 0) is 24.3 Å². The highest BCUT2D eigenvalue weighted by molar-refractivity contribution is 7.20. The largest absolute Gasteiger partial charge is 0.404 e. The van der Waals surface area contributed by atoms with Crippen LogP contribution in [-0.2, 0) is 6.54 Å². The van der Waals surface area contributed by atoms with Gasteiger partial charge in [-0.15, -0.1) is 21.9 Å². The molecule has 69 heavy (non-hydrogen) atoms. The molecule has 5 nitrogen and oxygen atoms in total. The number of nitrogens with zero attached hydrogens (tertiary/aromatic N) is 3. The number of hydrogen-bond donors (Lipinski definition) is 0. The maximum absolute atomic E-state index is 15.4. The van der Waals surface area contributed by atoms with Gasteiger partial charge in [0.2, 0.25) is 12.3 Å². The van der Waals surface area contributed by atoms with Crippen LogP contribution in [0.1, 0.15) is 15.9 Å². The van der Waals surface area contributed by atoms with Crippen molar-refractivity contribution in [2.24, 2.45) is 0 Å². The summed E-state index contributed by atoms with van der Waals surface area (Å²) in [6.45, 7) is 0.151. The van der Waals surface area contributed by atoms with Crippen LogP contribution >= 0.6 is 0 Å². The molecule has 0 aliphatic rings. The SMILES string of the molecule is Fc1c(F)c(F)c([B-](c2c(F)c(F)c(F)c(F)c2F)(c2c(F)c(F)c(F)c(F)c2F)c2c(F)c(F)c(F)c(F)c2F)c(F)c1F.N#Cc1ccc(Oc2cncc[n+]2CC(=O)c2ccccc2)cc1. The van der Waals surface area contributed by atoms with Crippen LogP contribution in [-0.4, -0.2) is 16.9 Å². The summed E-state index contributed by atoms with van der Waals surface area (Å²) < 4.78 is 301. The average Bonchev–Trinajstić information content (AvgIpc) is 3.35. The fraction of sp³-hybridized carbons (Fsp3) is 0.0233. The lowest BCUT2D eigenvalue weighted by molar-refractivity contribution is -0.687. The average molecular weight is 995 g/mol. The highest BCUT2D eigenvalue weighted by Crippen LogP contribution is 2.31. The minimum absolute atomic E-state index is 0.0171. The van der Waals surface area contributed by atoms with Gasteiger partial charge in [-0.1, -0.05) is 30.3 Å². The van der Waals surface area contributed by atoms with Crippen molar-refractivity contribution in [2.45, 2.75) is 6.54 Å². The van der Waals surface area contributed by atoms with Crippen LogP contribution in [0, 0.1) is 128 Å². The second-order valence-corrected chi connectivity index (χ2v) is 13.9. The van der Waals surface area contributed by atoms with Crippen molar-refractivity contribution in [3.8, 4) is 17.7 Å². The van der Waals surface area contributed by atoms with Gasteiger partial charge in [0.25, 0.3) is 0 Å². The predicted octanol–water partition coefficient (Wildman–Crippen LogP) is 8.76. The van der Waals surface area contributed by atoms with E-state index in [1.807, 2.05) is 18.2 Å². The normalized spacial score (nSPS) is 11.3. The highest BCUT2D eigenvalue weighted by Gasteiger charge is 2.52. The molecule has 0 saturated carbocycles. The summed E-state index contributed by atoms with van der Waals surface area (Å²) >= 11 is 0. The number of ether oxygens (including phenoxy) is 1. The van der Waals surface area contributed by atoms with E-state index in [1.165, 1.54) is 0 Å². The summed E-state index contributed by atoms with van der Waals surface area (Å²) in [6.07, 6.45) is -2.37. The number of aromatic nitrogens is 2. The van der Waals surface area contributed by atoms with Crippen molar-refractivity contribution in [1.29, 1.82) is 5.26 Å². The first-order valence-electron chi connectivity index (χ1n) is 18.3. The molecule has 0 amide bonds. The quantitative estimate of drug-likeness (QED) is 0.0363. The van der Waals surface area contributed by atoms with Crippen molar-refractivity contribution < 1.29 is 102 Å². The van der Waals surface area contributed by atoms with Crippen molar-refractivity contribution >= 4 is 33.8 Å². The molecule has 0 spiro atoms. The molecule has 6 aromatic carbocycles. The van der Waals surface area contributed by atoms with Crippen molar-refractivity contribution in [3.63, 3.8) is 0 Å². The molecule has 7 aromatic rings. The third-order valence-corrected chi connectivity index (χ3v) is 10.1. The Morgan fingerprint density at radius 3 is 1.12 bits per heavy atom. The van der Waals surface area contributed by atoms with Gasteiger partial charge in [-0.25, -0.2) is 92.8 Å². The summed E-state index contributed by atoms with van der Waals surface area (Å²) in [5.74, 6) is -70.4. The Bertz CT molecular complexity index is 2880. The summed E-state index contributed by atoms with van der Waals surface area (Å²) in [4.78, 5) is 16.4. The van der Waals surface area contributed by atoms with Crippen molar-refractivity contribution in [3.05, 3.63) is 201 Å². The molecule has 0 fully saturated rings. The highest BCUT2D eigenvalue weighted by atomic mass is 19.2. The second kappa shape index (κ2) is 19.3. The Morgan fingerprint density at radius 2 is 0.797 bits per heavy atom. The van der Waals surface area contributed by atoms with Gasteiger partial charge < -0.3 is 4.74 Å². The minimum atomic E-state index is -7.22. The van der Waals surface area contributed by atoms with Gasteiger partial charge in [0.05, 0.1) is 17.8 Å². The Balaban J connectivity index is 0.000000273. The lowest BCUT2D eigenvalue weighted by atomic mass is 9.12. The van der Waals surface area contributed by atoms with Gasteiger partial charge in [-0.2, -0.15) is 9.83 Å². The number of Topliss-reactive ketones (excluding diaryl/α,β-unsaturated/α-hetero) is 1. The summed E-state index contributed by atoms with van der Waals surface area (Å²) in [7, 11) is 0. The zero-order valence-corrected chi connectivity index (χ0v) is 32.9. The third-order valence-electron chi connectivity index (χ3n) is 10.1. The van der Waals surface area contributed by atoms with E-state index >= 15 is 35.1 Å². The number of carbonyl (C=O) groups is 1. The number of ketones is 1. The maximum Gasteiger partial charge on any atom is 0.392 e. The molecule has 0 aliphatic heterocycles. The van der Waals surface area contributed by atoms with Crippen molar-refractivity contribution in [1.82, 2.24) is 4.98 Å². The number of nitriles is 1. The van der Waals surface area contributed by atoms with Gasteiger partial charge >= 0.3 is 5.88 Å². The predicted molar refractivity (Wildman–Crippen MR) is 196 cm³/mol. The van der Waals surface area contributed by atoms with E-state index in [0.717, 1.165) is 0 Å². The zero-order valence-electron chi connectivity index (χ0n) is 32.9. The lowest BCUT2D eigenvalue weighted by Crippen LogP contribution is -2.81. The first-order chi connectivity index (χ1) is 32.5. The Morgan fingerprint density at radius 1 is 0.478 bits per heavy atom. The van der Waals surface area contributed by atoms with Crippen LogP contribution in [0.15, 0.2) is 73.2 Å². The van der Waals surface area contributed by atoms with E-state index in [0.29, 0.717) is 22.8 Å². The standard InChI is InChI=1S/C24BF20.C19H14N3O2/c26-5-1(6(27)14(35)21(42)13(5)34)25(2-7(28)15(36)22(43)16(37)8(2)29,3-9(30)17(38)23(44)18(39)10(3)31)4-11(32)19(40)24(45)20(41)12(4)33;20-12-15-6-8-17(9-7-15)24-19-13-21-10-11-22(19)14-18(23)16-4-2-1-3-5-16/h;1-11,13H,14H2/q-1;+1. The summed E-state index contributed by atoms with van der Waals surface area (Å²) in [5, 5.41) is 8.83. The minimum Gasteiger partial charge on any atom is -0.404 e. The Labute approximate surface area is 370 Å². The fourth-order valence-corrected chi connectivity index (χ4v) is 7.05. The molecule has 0 unspecified atom stereocenters. The molecule has 1 heterocycles. The molecule has 0 saturated heterocycles. The molecule has 0 N–H and O–H groups in total. The monoisotopic (exact) mass is 995 g/mol. The first-order valence-corrected chi connectivity index (χ1v) is 18.3. The van der Waals surface area contributed by atoms with Crippen LogP contribution in [0.5, 0.6) is 11.6 Å².